The molecule has 0 radical (unpaired) electrons. The van der Waals surface area contributed by atoms with Crippen LogP contribution in [0.15, 0.2) is 18.2 Å². The normalized spacial score (nSPS) is 9.67. The molecule has 0 aliphatic carbocycles. The van der Waals surface area contributed by atoms with Crippen LogP contribution in [0.1, 0.15) is 24.0 Å². The van der Waals surface area contributed by atoms with Gasteiger partial charge in [-0.15, -0.1) is 0 Å². The molecule has 0 heterocycles. The standard InChI is InChI=1S/C16H20O4S/c1-19-15-7-6-13(5-3-4-9-17)14(11-15)12-21-10-8-16(18)20-2/h6-7,11,17H,4,8-10,12H2,1-2H3. The summed E-state index contributed by atoms with van der Waals surface area (Å²) in [5.74, 6) is 8.01. The van der Waals surface area contributed by atoms with E-state index in [0.717, 1.165) is 22.6 Å². The first-order valence-electron chi connectivity index (χ1n) is 6.62. The number of methoxy groups -OCH3 is 2. The van der Waals surface area contributed by atoms with E-state index in [1.54, 1.807) is 18.9 Å². The second kappa shape index (κ2) is 10.1. The van der Waals surface area contributed by atoms with Crippen LogP contribution in [0.2, 0.25) is 0 Å². The van der Waals surface area contributed by atoms with E-state index in [-0.39, 0.29) is 12.6 Å². The summed E-state index contributed by atoms with van der Waals surface area (Å²) >= 11 is 1.65. The van der Waals surface area contributed by atoms with Gasteiger partial charge in [-0.25, -0.2) is 0 Å². The van der Waals surface area contributed by atoms with E-state index in [1.165, 1.54) is 7.11 Å². The predicted octanol–water partition coefficient (Wildman–Crippen LogP) is 2.23. The molecule has 114 valence electrons. The van der Waals surface area contributed by atoms with Gasteiger partial charge >= 0.3 is 5.97 Å². The van der Waals surface area contributed by atoms with Crippen LogP contribution in [0.25, 0.3) is 0 Å². The molecule has 0 fully saturated rings. The molecule has 4 nitrogen and oxygen atoms in total. The van der Waals surface area contributed by atoms with E-state index in [0.29, 0.717) is 18.6 Å². The summed E-state index contributed by atoms with van der Waals surface area (Å²) in [7, 11) is 3.02. The Labute approximate surface area is 129 Å². The highest BCUT2D eigenvalue weighted by Gasteiger charge is 2.05. The number of aliphatic hydroxyl groups excluding tert-OH is 1. The molecule has 0 unspecified atom stereocenters. The lowest BCUT2D eigenvalue weighted by Gasteiger charge is -2.07. The summed E-state index contributed by atoms with van der Waals surface area (Å²) in [5, 5.41) is 8.77. The summed E-state index contributed by atoms with van der Waals surface area (Å²) in [6.07, 6.45) is 0.859. The van der Waals surface area contributed by atoms with Crippen molar-refractivity contribution in [3.63, 3.8) is 0 Å². The van der Waals surface area contributed by atoms with Crippen molar-refractivity contribution < 1.29 is 19.4 Å². The molecular weight excluding hydrogens is 288 g/mol. The van der Waals surface area contributed by atoms with Gasteiger partial charge in [0, 0.05) is 23.5 Å². The van der Waals surface area contributed by atoms with Crippen LogP contribution < -0.4 is 4.74 Å². The molecule has 0 aliphatic heterocycles. The first-order valence-corrected chi connectivity index (χ1v) is 7.78. The van der Waals surface area contributed by atoms with Crippen LogP contribution in [0, 0.1) is 11.8 Å². The van der Waals surface area contributed by atoms with Crippen LogP contribution in [0.4, 0.5) is 0 Å². The van der Waals surface area contributed by atoms with Crippen molar-refractivity contribution >= 4 is 17.7 Å². The summed E-state index contributed by atoms with van der Waals surface area (Å²) in [5.41, 5.74) is 1.99. The molecule has 1 N–H and O–H groups in total. The van der Waals surface area contributed by atoms with E-state index >= 15 is 0 Å². The zero-order chi connectivity index (χ0) is 15.5. The van der Waals surface area contributed by atoms with Crippen molar-refractivity contribution in [1.29, 1.82) is 0 Å². The van der Waals surface area contributed by atoms with Gasteiger partial charge in [0.15, 0.2) is 0 Å². The Balaban J connectivity index is 2.68. The van der Waals surface area contributed by atoms with Crippen molar-refractivity contribution in [2.45, 2.75) is 18.6 Å². The first kappa shape index (κ1) is 17.4. The van der Waals surface area contributed by atoms with E-state index in [9.17, 15) is 4.79 Å². The van der Waals surface area contributed by atoms with Crippen molar-refractivity contribution in [1.82, 2.24) is 0 Å². The van der Waals surface area contributed by atoms with E-state index in [2.05, 4.69) is 16.6 Å². The average molecular weight is 308 g/mol. The number of carbonyl (C=O) groups is 1. The lowest BCUT2D eigenvalue weighted by molar-refractivity contribution is -0.140. The van der Waals surface area contributed by atoms with Gasteiger partial charge in [-0.2, -0.15) is 11.8 Å². The van der Waals surface area contributed by atoms with Gasteiger partial charge in [-0.3, -0.25) is 4.79 Å². The van der Waals surface area contributed by atoms with Gasteiger partial charge in [0.2, 0.25) is 0 Å². The van der Waals surface area contributed by atoms with Crippen molar-refractivity contribution in [3.05, 3.63) is 29.3 Å². The molecule has 0 saturated carbocycles. The number of ether oxygens (including phenoxy) is 2. The number of benzene rings is 1. The Morgan fingerprint density at radius 2 is 2.19 bits per heavy atom. The fourth-order valence-corrected chi connectivity index (χ4v) is 2.51. The lowest BCUT2D eigenvalue weighted by atomic mass is 10.1. The van der Waals surface area contributed by atoms with Gasteiger partial charge in [0.25, 0.3) is 0 Å². The highest BCUT2D eigenvalue weighted by atomic mass is 32.2. The monoisotopic (exact) mass is 308 g/mol. The Morgan fingerprint density at radius 3 is 2.86 bits per heavy atom. The predicted molar refractivity (Wildman–Crippen MR) is 84.4 cm³/mol. The Bertz CT molecular complexity index is 517. The number of hydrogen-bond acceptors (Lipinski definition) is 5. The molecular formula is C16H20O4S. The second-order valence-corrected chi connectivity index (χ2v) is 5.28. The molecule has 5 heteroatoms. The van der Waals surface area contributed by atoms with Crippen molar-refractivity contribution in [2.24, 2.45) is 0 Å². The minimum Gasteiger partial charge on any atom is -0.497 e. The number of esters is 1. The SMILES string of the molecule is COC(=O)CCSCc1cc(OC)ccc1C#CCCO. The van der Waals surface area contributed by atoms with E-state index in [1.807, 2.05) is 18.2 Å². The lowest BCUT2D eigenvalue weighted by Crippen LogP contribution is -2.01. The van der Waals surface area contributed by atoms with Crippen molar-refractivity contribution in [3.8, 4) is 17.6 Å². The zero-order valence-corrected chi connectivity index (χ0v) is 13.2. The Hall–Kier alpha value is -1.64. The second-order valence-electron chi connectivity index (χ2n) is 4.18. The number of carbonyl (C=O) groups excluding carboxylic acids is 1. The summed E-state index contributed by atoms with van der Waals surface area (Å²) in [6, 6.07) is 5.74. The number of thioether (sulfide) groups is 1. The summed E-state index contributed by atoms with van der Waals surface area (Å²) in [4.78, 5) is 11.1. The van der Waals surface area contributed by atoms with Gasteiger partial charge in [0.1, 0.15) is 5.75 Å². The Kier molecular flexibility index (Phi) is 8.41. The minimum atomic E-state index is -0.198. The Morgan fingerprint density at radius 1 is 1.38 bits per heavy atom. The third-order valence-corrected chi connectivity index (χ3v) is 3.72. The highest BCUT2D eigenvalue weighted by molar-refractivity contribution is 7.98. The third-order valence-electron chi connectivity index (χ3n) is 2.71. The van der Waals surface area contributed by atoms with Crippen LogP contribution in [-0.4, -0.2) is 37.7 Å². The molecule has 0 aliphatic rings. The smallest absolute Gasteiger partial charge is 0.306 e. The van der Waals surface area contributed by atoms with Gasteiger partial charge < -0.3 is 14.6 Å². The summed E-state index contributed by atoms with van der Waals surface area (Å²) < 4.78 is 9.84. The van der Waals surface area contributed by atoms with E-state index in [4.69, 9.17) is 9.84 Å². The topological polar surface area (TPSA) is 55.8 Å². The number of rotatable bonds is 7. The number of hydrogen-bond donors (Lipinski definition) is 1. The average Bonchev–Trinajstić information content (AvgIpc) is 2.52. The fraction of sp³-hybridized carbons (Fsp3) is 0.438. The first-order chi connectivity index (χ1) is 10.2. The molecule has 0 spiro atoms. The molecule has 0 atom stereocenters. The van der Waals surface area contributed by atoms with Crippen LogP contribution in [-0.2, 0) is 15.3 Å². The molecule has 0 bridgehead atoms. The molecule has 0 aromatic heterocycles. The maximum atomic E-state index is 11.1. The van der Waals surface area contributed by atoms with E-state index < -0.39 is 0 Å². The van der Waals surface area contributed by atoms with Gasteiger partial charge in [0.05, 0.1) is 27.2 Å². The molecule has 1 aromatic rings. The molecule has 21 heavy (non-hydrogen) atoms. The molecule has 1 rings (SSSR count). The zero-order valence-electron chi connectivity index (χ0n) is 12.3. The van der Waals surface area contributed by atoms with Crippen LogP contribution in [0.3, 0.4) is 0 Å². The van der Waals surface area contributed by atoms with Gasteiger partial charge in [-0.05, 0) is 23.8 Å². The molecule has 0 saturated heterocycles. The maximum absolute atomic E-state index is 11.1. The van der Waals surface area contributed by atoms with Crippen LogP contribution >= 0.6 is 11.8 Å². The molecule has 1 aromatic carbocycles. The van der Waals surface area contributed by atoms with Crippen LogP contribution in [0.5, 0.6) is 5.75 Å². The quantitative estimate of drug-likeness (QED) is 0.475. The summed E-state index contributed by atoms with van der Waals surface area (Å²) in [6.45, 7) is 0.0619. The maximum Gasteiger partial charge on any atom is 0.306 e. The van der Waals surface area contributed by atoms with Crippen molar-refractivity contribution in [2.75, 3.05) is 26.6 Å². The minimum absolute atomic E-state index is 0.0619. The number of aliphatic hydroxyl groups is 1. The molecule has 0 amide bonds. The largest absolute Gasteiger partial charge is 0.497 e. The highest BCUT2D eigenvalue weighted by Crippen LogP contribution is 2.22. The fourth-order valence-electron chi connectivity index (χ4n) is 1.59. The third kappa shape index (κ3) is 6.56. The van der Waals surface area contributed by atoms with Gasteiger partial charge in [-0.1, -0.05) is 11.8 Å².